The lowest BCUT2D eigenvalue weighted by Gasteiger charge is -2.23. The maximum absolute atomic E-state index is 12.8. The van der Waals surface area contributed by atoms with E-state index in [4.69, 9.17) is 4.74 Å². The number of benzene rings is 2. The monoisotopic (exact) mass is 403 g/mol. The molecular formula is C22H29NO4S. The van der Waals surface area contributed by atoms with Gasteiger partial charge in [0.05, 0.1) is 10.9 Å². The first-order valence-corrected chi connectivity index (χ1v) is 11.4. The lowest BCUT2D eigenvalue weighted by molar-refractivity contribution is -0.128. The van der Waals surface area contributed by atoms with Crippen molar-refractivity contribution in [2.45, 2.75) is 57.6 Å². The van der Waals surface area contributed by atoms with E-state index in [0.29, 0.717) is 18.6 Å². The van der Waals surface area contributed by atoms with Gasteiger partial charge in [-0.25, -0.2) is 8.42 Å². The topological polar surface area (TPSA) is 72.5 Å². The summed E-state index contributed by atoms with van der Waals surface area (Å²) in [6, 6.07) is 12.2. The molecule has 28 heavy (non-hydrogen) atoms. The van der Waals surface area contributed by atoms with Crippen LogP contribution < -0.4 is 10.1 Å². The molecule has 0 spiro atoms. The molecule has 0 heterocycles. The molecule has 152 valence electrons. The summed E-state index contributed by atoms with van der Waals surface area (Å²) in [5.41, 5.74) is 3.16. The van der Waals surface area contributed by atoms with Crippen LogP contribution in [0.3, 0.4) is 0 Å². The molecule has 0 aromatic heterocycles. The SMILES string of the molecule is CC[C@@H](Oc1ccc(C)c(C)c1)C(=O)N[C@H](CC)c1ccc(S(C)(=O)=O)cc1. The molecule has 0 aliphatic heterocycles. The van der Waals surface area contributed by atoms with Crippen LogP contribution in [0, 0.1) is 13.8 Å². The number of carbonyl (C=O) groups is 1. The van der Waals surface area contributed by atoms with Crippen LogP contribution in [0.4, 0.5) is 0 Å². The summed E-state index contributed by atoms with van der Waals surface area (Å²) in [4.78, 5) is 13.0. The van der Waals surface area contributed by atoms with Gasteiger partial charge in [0.1, 0.15) is 5.75 Å². The summed E-state index contributed by atoms with van der Waals surface area (Å²) in [7, 11) is -3.24. The van der Waals surface area contributed by atoms with E-state index in [9.17, 15) is 13.2 Å². The smallest absolute Gasteiger partial charge is 0.261 e. The lowest BCUT2D eigenvalue weighted by atomic mass is 10.0. The fourth-order valence-electron chi connectivity index (χ4n) is 2.91. The Bertz CT molecular complexity index is 920. The zero-order valence-corrected chi connectivity index (χ0v) is 18.0. The molecule has 0 unspecified atom stereocenters. The van der Waals surface area contributed by atoms with Crippen LogP contribution in [0.2, 0.25) is 0 Å². The normalized spacial score (nSPS) is 13.6. The van der Waals surface area contributed by atoms with Gasteiger partial charge < -0.3 is 10.1 Å². The van der Waals surface area contributed by atoms with Gasteiger partial charge in [-0.3, -0.25) is 4.79 Å². The van der Waals surface area contributed by atoms with Crippen molar-refractivity contribution in [3.05, 3.63) is 59.2 Å². The summed E-state index contributed by atoms with van der Waals surface area (Å²) in [6.07, 6.45) is 1.81. The van der Waals surface area contributed by atoms with Gasteiger partial charge in [-0.1, -0.05) is 32.0 Å². The highest BCUT2D eigenvalue weighted by Crippen LogP contribution is 2.21. The van der Waals surface area contributed by atoms with Crippen LogP contribution in [0.5, 0.6) is 5.75 Å². The van der Waals surface area contributed by atoms with Gasteiger partial charge in [0.25, 0.3) is 5.91 Å². The molecule has 1 amide bonds. The van der Waals surface area contributed by atoms with Crippen molar-refractivity contribution in [2.24, 2.45) is 0 Å². The van der Waals surface area contributed by atoms with Crippen molar-refractivity contribution in [1.82, 2.24) is 5.32 Å². The van der Waals surface area contributed by atoms with Crippen molar-refractivity contribution in [2.75, 3.05) is 6.26 Å². The Labute approximate surface area is 168 Å². The zero-order valence-electron chi connectivity index (χ0n) is 17.2. The molecule has 0 radical (unpaired) electrons. The van der Waals surface area contributed by atoms with Crippen molar-refractivity contribution in [1.29, 1.82) is 0 Å². The Kier molecular flexibility index (Phi) is 7.24. The summed E-state index contributed by atoms with van der Waals surface area (Å²) in [6.45, 7) is 7.92. The van der Waals surface area contributed by atoms with Crippen LogP contribution in [0.25, 0.3) is 0 Å². The molecule has 2 rings (SSSR count). The molecule has 0 aliphatic rings. The first-order valence-electron chi connectivity index (χ1n) is 9.50. The third-order valence-electron chi connectivity index (χ3n) is 4.86. The van der Waals surface area contributed by atoms with Crippen LogP contribution in [0.15, 0.2) is 47.4 Å². The largest absolute Gasteiger partial charge is 0.481 e. The number of nitrogens with one attached hydrogen (secondary N) is 1. The number of carbonyl (C=O) groups excluding carboxylic acids is 1. The molecule has 0 saturated carbocycles. The Morgan fingerprint density at radius 3 is 2.14 bits per heavy atom. The van der Waals surface area contributed by atoms with Gasteiger partial charge in [0, 0.05) is 6.26 Å². The predicted octanol–water partition coefficient (Wildman–Crippen LogP) is 4.13. The molecule has 0 aliphatic carbocycles. The molecule has 0 saturated heterocycles. The minimum absolute atomic E-state index is 0.181. The highest BCUT2D eigenvalue weighted by Gasteiger charge is 2.22. The average Bonchev–Trinajstić information content (AvgIpc) is 2.66. The Hall–Kier alpha value is -2.34. The zero-order chi connectivity index (χ0) is 20.9. The molecule has 2 atom stereocenters. The summed E-state index contributed by atoms with van der Waals surface area (Å²) >= 11 is 0. The number of hydrogen-bond donors (Lipinski definition) is 1. The Morgan fingerprint density at radius 2 is 1.64 bits per heavy atom. The number of amides is 1. The Morgan fingerprint density at radius 1 is 1.00 bits per heavy atom. The van der Waals surface area contributed by atoms with Crippen molar-refractivity contribution < 1.29 is 17.9 Å². The van der Waals surface area contributed by atoms with Gasteiger partial charge in [-0.05, 0) is 67.6 Å². The summed E-state index contributed by atoms with van der Waals surface area (Å²) in [5.74, 6) is 0.496. The number of aryl methyl sites for hydroxylation is 2. The van der Waals surface area contributed by atoms with Gasteiger partial charge in [-0.2, -0.15) is 0 Å². The fraction of sp³-hybridized carbons (Fsp3) is 0.409. The predicted molar refractivity (Wildman–Crippen MR) is 111 cm³/mol. The third kappa shape index (κ3) is 5.58. The van der Waals surface area contributed by atoms with E-state index in [2.05, 4.69) is 5.32 Å². The first-order chi connectivity index (χ1) is 13.2. The van der Waals surface area contributed by atoms with E-state index in [1.165, 1.54) is 11.8 Å². The molecule has 2 aromatic carbocycles. The second-order valence-corrected chi connectivity index (χ2v) is 9.09. The van der Waals surface area contributed by atoms with Crippen LogP contribution in [-0.4, -0.2) is 26.7 Å². The molecule has 5 nitrogen and oxygen atoms in total. The maximum Gasteiger partial charge on any atom is 0.261 e. The molecule has 0 fully saturated rings. The Balaban J connectivity index is 2.11. The van der Waals surface area contributed by atoms with Crippen LogP contribution in [0.1, 0.15) is 49.4 Å². The minimum atomic E-state index is -3.24. The van der Waals surface area contributed by atoms with E-state index in [-0.39, 0.29) is 16.8 Å². The van der Waals surface area contributed by atoms with Crippen molar-refractivity contribution in [3.63, 3.8) is 0 Å². The van der Waals surface area contributed by atoms with E-state index in [0.717, 1.165) is 11.1 Å². The highest BCUT2D eigenvalue weighted by molar-refractivity contribution is 7.90. The molecule has 1 N–H and O–H groups in total. The number of ether oxygens (including phenoxy) is 1. The molecule has 0 bridgehead atoms. The second-order valence-electron chi connectivity index (χ2n) is 7.07. The average molecular weight is 404 g/mol. The third-order valence-corrected chi connectivity index (χ3v) is 5.98. The second kappa shape index (κ2) is 9.24. The van der Waals surface area contributed by atoms with E-state index >= 15 is 0 Å². The first kappa shape index (κ1) is 22.0. The van der Waals surface area contributed by atoms with Crippen molar-refractivity contribution >= 4 is 15.7 Å². The van der Waals surface area contributed by atoms with Crippen LogP contribution in [-0.2, 0) is 14.6 Å². The number of rotatable bonds is 8. The molecular weight excluding hydrogens is 374 g/mol. The summed E-state index contributed by atoms with van der Waals surface area (Å²) < 4.78 is 29.2. The van der Waals surface area contributed by atoms with E-state index in [1.807, 2.05) is 45.9 Å². The van der Waals surface area contributed by atoms with Gasteiger partial charge in [0.15, 0.2) is 15.9 Å². The minimum Gasteiger partial charge on any atom is -0.481 e. The van der Waals surface area contributed by atoms with Gasteiger partial charge in [0.2, 0.25) is 0 Å². The highest BCUT2D eigenvalue weighted by atomic mass is 32.2. The summed E-state index contributed by atoms with van der Waals surface area (Å²) in [5, 5.41) is 3.03. The standard InChI is InChI=1S/C22H29NO4S/c1-6-20(17-9-12-19(13-10-17)28(5,25)26)23-22(24)21(7-2)27-18-11-8-15(3)16(4)14-18/h8-14,20-21H,6-7H2,1-5H3,(H,23,24)/t20-,21-/m1/s1. The quantitative estimate of drug-likeness (QED) is 0.719. The maximum atomic E-state index is 12.8. The molecule has 6 heteroatoms. The number of hydrogen-bond acceptors (Lipinski definition) is 4. The van der Waals surface area contributed by atoms with E-state index < -0.39 is 15.9 Å². The van der Waals surface area contributed by atoms with Crippen LogP contribution >= 0.6 is 0 Å². The molecule has 2 aromatic rings. The van der Waals surface area contributed by atoms with E-state index in [1.54, 1.807) is 24.3 Å². The van der Waals surface area contributed by atoms with Gasteiger partial charge in [-0.15, -0.1) is 0 Å². The fourth-order valence-corrected chi connectivity index (χ4v) is 3.54. The van der Waals surface area contributed by atoms with Gasteiger partial charge >= 0.3 is 0 Å². The number of sulfone groups is 1. The van der Waals surface area contributed by atoms with Crippen molar-refractivity contribution in [3.8, 4) is 5.75 Å². The lowest BCUT2D eigenvalue weighted by Crippen LogP contribution is -2.40.